The van der Waals surface area contributed by atoms with Crippen LogP contribution in [0, 0.1) is 5.41 Å². The lowest BCUT2D eigenvalue weighted by molar-refractivity contribution is -0.180. The molecule has 1 aliphatic rings. The standard InChI is InChI=1S/C20H19BrN2O3/c1-19(2)16(13-9-11-14(21)12-10-13)26-18(25)20(3,17(19)24)23-22-15-7-5-4-6-8-15/h4-12,16H,1-3H3/t16-,20-/m1/s1. The predicted octanol–water partition coefficient (Wildman–Crippen LogP) is 5.18. The second-order valence-corrected chi connectivity index (χ2v) is 7.91. The Bertz CT molecular complexity index is 862. The first-order chi connectivity index (χ1) is 12.2. The molecule has 1 heterocycles. The average molecular weight is 415 g/mol. The Morgan fingerprint density at radius 2 is 1.58 bits per heavy atom. The predicted molar refractivity (Wildman–Crippen MR) is 101 cm³/mol. The summed E-state index contributed by atoms with van der Waals surface area (Å²) in [5, 5.41) is 8.15. The van der Waals surface area contributed by atoms with Crippen LogP contribution in [0.4, 0.5) is 5.69 Å². The number of Topliss-reactive ketones (excluding diaryl/α,β-unsaturated/α-hetero) is 1. The number of hydrogen-bond donors (Lipinski definition) is 0. The highest BCUT2D eigenvalue weighted by molar-refractivity contribution is 9.10. The first kappa shape index (κ1) is 18.5. The lowest BCUT2D eigenvalue weighted by atomic mass is 9.70. The molecule has 134 valence electrons. The van der Waals surface area contributed by atoms with Crippen LogP contribution >= 0.6 is 15.9 Å². The van der Waals surface area contributed by atoms with Gasteiger partial charge in [-0.15, -0.1) is 0 Å². The van der Waals surface area contributed by atoms with Crippen molar-refractivity contribution in [2.24, 2.45) is 15.6 Å². The Hall–Kier alpha value is -2.34. The van der Waals surface area contributed by atoms with Gasteiger partial charge in [-0.2, -0.15) is 10.2 Å². The number of nitrogens with zero attached hydrogens (tertiary/aromatic N) is 2. The van der Waals surface area contributed by atoms with E-state index in [9.17, 15) is 9.59 Å². The maximum atomic E-state index is 13.2. The van der Waals surface area contributed by atoms with Crippen molar-refractivity contribution in [3.63, 3.8) is 0 Å². The average Bonchev–Trinajstić information content (AvgIpc) is 2.64. The Balaban J connectivity index is 1.94. The van der Waals surface area contributed by atoms with Crippen LogP contribution in [-0.2, 0) is 14.3 Å². The van der Waals surface area contributed by atoms with E-state index in [4.69, 9.17) is 4.74 Å². The summed E-state index contributed by atoms with van der Waals surface area (Å²) in [4.78, 5) is 25.9. The molecule has 0 N–H and O–H groups in total. The van der Waals surface area contributed by atoms with E-state index in [1.807, 2.05) is 42.5 Å². The molecule has 0 amide bonds. The number of carbonyl (C=O) groups is 2. The van der Waals surface area contributed by atoms with Crippen LogP contribution in [0.15, 0.2) is 69.3 Å². The molecular weight excluding hydrogens is 396 g/mol. The van der Waals surface area contributed by atoms with E-state index < -0.39 is 23.0 Å². The number of carbonyl (C=O) groups excluding carboxylic acids is 2. The summed E-state index contributed by atoms with van der Waals surface area (Å²) in [5.74, 6) is -0.997. The van der Waals surface area contributed by atoms with Gasteiger partial charge in [0.2, 0.25) is 5.54 Å². The van der Waals surface area contributed by atoms with Gasteiger partial charge in [-0.3, -0.25) is 4.79 Å². The van der Waals surface area contributed by atoms with Crippen molar-refractivity contribution in [2.75, 3.05) is 0 Å². The summed E-state index contributed by atoms with van der Waals surface area (Å²) >= 11 is 3.38. The van der Waals surface area contributed by atoms with Crippen molar-refractivity contribution in [2.45, 2.75) is 32.4 Å². The third-order valence-electron chi connectivity index (χ3n) is 4.60. The minimum absolute atomic E-state index is 0.311. The van der Waals surface area contributed by atoms with Crippen LogP contribution in [0.1, 0.15) is 32.4 Å². The number of cyclic esters (lactones) is 1. The summed E-state index contributed by atoms with van der Waals surface area (Å²) in [5.41, 5.74) is -1.26. The molecule has 0 saturated carbocycles. The Morgan fingerprint density at radius 1 is 0.962 bits per heavy atom. The van der Waals surface area contributed by atoms with Gasteiger partial charge in [0.1, 0.15) is 6.10 Å². The zero-order chi connectivity index (χ0) is 18.9. The van der Waals surface area contributed by atoms with E-state index in [0.717, 1.165) is 10.0 Å². The molecule has 2 atom stereocenters. The molecule has 3 rings (SSSR count). The lowest BCUT2D eigenvalue weighted by Crippen LogP contribution is -2.57. The number of ether oxygens (including phenoxy) is 1. The second-order valence-electron chi connectivity index (χ2n) is 7.00. The SMILES string of the molecule is CC1(C)C(=O)[C@@](C)(N=Nc2ccccc2)C(=O)O[C@@H]1c1ccc(Br)cc1. The van der Waals surface area contributed by atoms with E-state index in [2.05, 4.69) is 26.2 Å². The third kappa shape index (κ3) is 3.21. The van der Waals surface area contributed by atoms with Crippen molar-refractivity contribution in [1.29, 1.82) is 0 Å². The van der Waals surface area contributed by atoms with Crippen molar-refractivity contribution < 1.29 is 14.3 Å². The molecule has 0 radical (unpaired) electrons. The van der Waals surface area contributed by atoms with Crippen molar-refractivity contribution in [3.05, 3.63) is 64.6 Å². The van der Waals surface area contributed by atoms with Gasteiger partial charge < -0.3 is 4.74 Å². The van der Waals surface area contributed by atoms with Gasteiger partial charge in [-0.25, -0.2) is 4.79 Å². The van der Waals surface area contributed by atoms with E-state index in [1.165, 1.54) is 6.92 Å². The second kappa shape index (κ2) is 6.76. The van der Waals surface area contributed by atoms with Gasteiger partial charge in [-0.1, -0.05) is 46.3 Å². The minimum Gasteiger partial charge on any atom is -0.454 e. The van der Waals surface area contributed by atoms with Crippen molar-refractivity contribution >= 4 is 33.4 Å². The Morgan fingerprint density at radius 3 is 2.19 bits per heavy atom. The number of halogens is 1. The molecule has 1 fully saturated rings. The quantitative estimate of drug-likeness (QED) is 0.394. The zero-order valence-electron chi connectivity index (χ0n) is 14.8. The molecule has 5 nitrogen and oxygen atoms in total. The summed E-state index contributed by atoms with van der Waals surface area (Å²) in [6.07, 6.45) is -0.671. The summed E-state index contributed by atoms with van der Waals surface area (Å²) in [6.45, 7) is 5.00. The van der Waals surface area contributed by atoms with E-state index in [0.29, 0.717) is 5.69 Å². The van der Waals surface area contributed by atoms with Crippen LogP contribution in [0.2, 0.25) is 0 Å². The van der Waals surface area contributed by atoms with Crippen molar-refractivity contribution in [1.82, 2.24) is 0 Å². The molecule has 0 aromatic heterocycles. The van der Waals surface area contributed by atoms with Gasteiger partial charge in [-0.05, 0) is 50.6 Å². The fourth-order valence-corrected chi connectivity index (χ4v) is 3.33. The number of hydrogen-bond acceptors (Lipinski definition) is 5. The van der Waals surface area contributed by atoms with Gasteiger partial charge in [0, 0.05) is 4.47 Å². The maximum absolute atomic E-state index is 13.2. The Labute approximate surface area is 160 Å². The highest BCUT2D eigenvalue weighted by atomic mass is 79.9. The molecule has 0 spiro atoms. The largest absolute Gasteiger partial charge is 0.454 e. The van der Waals surface area contributed by atoms with Crippen LogP contribution in [0.25, 0.3) is 0 Å². The van der Waals surface area contributed by atoms with Gasteiger partial charge in [0.15, 0.2) is 5.78 Å². The summed E-state index contributed by atoms with van der Waals surface area (Å²) in [6, 6.07) is 16.4. The molecule has 0 bridgehead atoms. The van der Waals surface area contributed by atoms with Gasteiger partial charge in [0.05, 0.1) is 11.1 Å². The van der Waals surface area contributed by atoms with E-state index in [1.54, 1.807) is 26.0 Å². The molecular formula is C20H19BrN2O3. The first-order valence-electron chi connectivity index (χ1n) is 8.24. The van der Waals surface area contributed by atoms with Crippen LogP contribution in [-0.4, -0.2) is 17.3 Å². The number of azo groups is 1. The van der Waals surface area contributed by atoms with Gasteiger partial charge in [0.25, 0.3) is 0 Å². The molecule has 1 saturated heterocycles. The number of ketones is 1. The normalized spacial score (nSPS) is 25.3. The first-order valence-corrected chi connectivity index (χ1v) is 9.04. The fourth-order valence-electron chi connectivity index (χ4n) is 3.07. The fraction of sp³-hybridized carbons (Fsp3) is 0.300. The van der Waals surface area contributed by atoms with Crippen LogP contribution in [0.3, 0.4) is 0 Å². The summed E-state index contributed by atoms with van der Waals surface area (Å²) in [7, 11) is 0. The van der Waals surface area contributed by atoms with Gasteiger partial charge >= 0.3 is 5.97 Å². The molecule has 0 unspecified atom stereocenters. The highest BCUT2D eigenvalue weighted by Crippen LogP contribution is 2.46. The highest BCUT2D eigenvalue weighted by Gasteiger charge is 2.59. The topological polar surface area (TPSA) is 68.1 Å². The molecule has 0 aliphatic carbocycles. The third-order valence-corrected chi connectivity index (χ3v) is 5.13. The van der Waals surface area contributed by atoms with Crippen LogP contribution < -0.4 is 0 Å². The lowest BCUT2D eigenvalue weighted by Gasteiger charge is -2.42. The number of rotatable bonds is 3. The zero-order valence-corrected chi connectivity index (χ0v) is 16.4. The van der Waals surface area contributed by atoms with Crippen molar-refractivity contribution in [3.8, 4) is 0 Å². The monoisotopic (exact) mass is 414 g/mol. The molecule has 2 aromatic rings. The number of benzene rings is 2. The molecule has 6 heteroatoms. The molecule has 26 heavy (non-hydrogen) atoms. The maximum Gasteiger partial charge on any atom is 0.344 e. The van der Waals surface area contributed by atoms with E-state index >= 15 is 0 Å². The summed E-state index contributed by atoms with van der Waals surface area (Å²) < 4.78 is 6.58. The van der Waals surface area contributed by atoms with E-state index in [-0.39, 0.29) is 5.78 Å². The number of esters is 1. The molecule has 1 aliphatic heterocycles. The van der Waals surface area contributed by atoms with Crippen LogP contribution in [0.5, 0.6) is 0 Å². The smallest absolute Gasteiger partial charge is 0.344 e. The minimum atomic E-state index is -1.66. The Kier molecular flexibility index (Phi) is 4.80. The molecule has 2 aromatic carbocycles.